The number of aromatic nitrogens is 1. The van der Waals surface area contributed by atoms with E-state index in [0.29, 0.717) is 5.56 Å². The quantitative estimate of drug-likeness (QED) is 0.841. The zero-order valence-electron chi connectivity index (χ0n) is 11.5. The van der Waals surface area contributed by atoms with Crippen molar-refractivity contribution in [2.45, 2.75) is 17.6 Å². The molecule has 0 aromatic carbocycles. The lowest BCUT2D eigenvalue weighted by atomic mass is 10.2. The number of pyridine rings is 1. The molecule has 110 valence electrons. The van der Waals surface area contributed by atoms with Gasteiger partial charge in [-0.05, 0) is 30.7 Å². The topological polar surface area (TPSA) is 85.1 Å². The van der Waals surface area contributed by atoms with Crippen LogP contribution in [0.4, 0.5) is 5.82 Å². The number of aryl methyl sites for hydroxylation is 1. The van der Waals surface area contributed by atoms with Crippen LogP contribution in [-0.2, 0) is 16.4 Å². The predicted molar refractivity (Wildman–Crippen MR) is 84.7 cm³/mol. The summed E-state index contributed by atoms with van der Waals surface area (Å²) in [4.78, 5) is 5.02. The largest absolute Gasteiger partial charge is 0.320 e. The fourth-order valence-electron chi connectivity index (χ4n) is 1.60. The van der Waals surface area contributed by atoms with Crippen LogP contribution in [0.3, 0.4) is 0 Å². The molecule has 0 saturated carbocycles. The van der Waals surface area contributed by atoms with Gasteiger partial charge in [0.25, 0.3) is 10.0 Å². The first-order valence-corrected chi connectivity index (χ1v) is 8.61. The van der Waals surface area contributed by atoms with Crippen LogP contribution in [0, 0.1) is 11.8 Å². The lowest BCUT2D eigenvalue weighted by molar-refractivity contribution is 0.603. The summed E-state index contributed by atoms with van der Waals surface area (Å²) in [7, 11) is -3.61. The molecule has 3 N–H and O–H groups in total. The molecule has 0 aliphatic carbocycles. The smallest absolute Gasteiger partial charge is 0.272 e. The van der Waals surface area contributed by atoms with Crippen molar-refractivity contribution in [2.24, 2.45) is 5.73 Å². The summed E-state index contributed by atoms with van der Waals surface area (Å²) in [5.41, 5.74) is 5.97. The number of nitrogens with two attached hydrogens (primary N) is 1. The third-order valence-electron chi connectivity index (χ3n) is 2.58. The minimum absolute atomic E-state index is 0.241. The molecule has 0 amide bonds. The highest BCUT2D eigenvalue weighted by Gasteiger charge is 2.17. The number of sulfonamides is 1. The van der Waals surface area contributed by atoms with Gasteiger partial charge in [0.15, 0.2) is 0 Å². The van der Waals surface area contributed by atoms with Crippen LogP contribution in [0.2, 0.25) is 0 Å². The number of thiophene rings is 1. The van der Waals surface area contributed by atoms with Crippen LogP contribution in [0.5, 0.6) is 0 Å². The molecule has 0 aliphatic rings. The van der Waals surface area contributed by atoms with E-state index in [1.165, 1.54) is 17.5 Å². The van der Waals surface area contributed by atoms with E-state index < -0.39 is 10.0 Å². The Morgan fingerprint density at radius 3 is 2.86 bits per heavy atom. The van der Waals surface area contributed by atoms with Gasteiger partial charge in [-0.2, -0.15) is 0 Å². The SMILES string of the molecule is CCc1ccc(S(=O)(=O)Nc2cc(C#CCN)ccn2)s1. The van der Waals surface area contributed by atoms with Crippen LogP contribution >= 0.6 is 11.3 Å². The van der Waals surface area contributed by atoms with Crippen LogP contribution in [-0.4, -0.2) is 19.9 Å². The zero-order valence-corrected chi connectivity index (χ0v) is 13.1. The van der Waals surface area contributed by atoms with Gasteiger partial charge in [-0.3, -0.25) is 4.72 Å². The molecule has 0 unspecified atom stereocenters. The van der Waals surface area contributed by atoms with Gasteiger partial charge in [-0.25, -0.2) is 13.4 Å². The number of hydrogen-bond acceptors (Lipinski definition) is 5. The first-order chi connectivity index (χ1) is 10.0. The Bertz CT molecular complexity index is 786. The molecule has 21 heavy (non-hydrogen) atoms. The highest BCUT2D eigenvalue weighted by atomic mass is 32.2. The molecule has 7 heteroatoms. The van der Waals surface area contributed by atoms with Gasteiger partial charge in [-0.15, -0.1) is 11.3 Å². The van der Waals surface area contributed by atoms with Crippen molar-refractivity contribution in [3.63, 3.8) is 0 Å². The Labute approximate surface area is 128 Å². The first-order valence-electron chi connectivity index (χ1n) is 6.31. The molecular formula is C14H15N3O2S2. The summed E-state index contributed by atoms with van der Waals surface area (Å²) >= 11 is 1.25. The molecule has 2 rings (SSSR count). The first kappa shape index (κ1) is 15.5. The summed E-state index contributed by atoms with van der Waals surface area (Å²) in [5, 5.41) is 0. The third kappa shape index (κ3) is 4.04. The highest BCUT2D eigenvalue weighted by Crippen LogP contribution is 2.23. The van der Waals surface area contributed by atoms with Gasteiger partial charge in [0.1, 0.15) is 10.0 Å². The summed E-state index contributed by atoms with van der Waals surface area (Å²) < 4.78 is 27.3. The summed E-state index contributed by atoms with van der Waals surface area (Å²) in [6, 6.07) is 6.69. The molecule has 0 aliphatic heterocycles. The van der Waals surface area contributed by atoms with Crippen LogP contribution < -0.4 is 10.5 Å². The van der Waals surface area contributed by atoms with E-state index in [2.05, 4.69) is 21.5 Å². The van der Waals surface area contributed by atoms with Gasteiger partial charge in [0.2, 0.25) is 0 Å². The van der Waals surface area contributed by atoms with E-state index in [9.17, 15) is 8.42 Å². The van der Waals surface area contributed by atoms with E-state index in [4.69, 9.17) is 5.73 Å². The van der Waals surface area contributed by atoms with Crippen molar-refractivity contribution in [3.05, 3.63) is 40.9 Å². The average Bonchev–Trinajstić information content (AvgIpc) is 2.95. The molecule has 0 spiro atoms. The summed E-state index contributed by atoms with van der Waals surface area (Å²) in [6.07, 6.45) is 2.31. The van der Waals surface area contributed by atoms with Crippen molar-refractivity contribution >= 4 is 27.2 Å². The number of rotatable bonds is 4. The molecule has 2 aromatic heterocycles. The van der Waals surface area contributed by atoms with Crippen molar-refractivity contribution in [1.82, 2.24) is 4.98 Å². The number of anilines is 1. The van der Waals surface area contributed by atoms with E-state index in [0.717, 1.165) is 11.3 Å². The molecule has 5 nitrogen and oxygen atoms in total. The Balaban J connectivity index is 2.24. The van der Waals surface area contributed by atoms with Crippen molar-refractivity contribution in [3.8, 4) is 11.8 Å². The van der Waals surface area contributed by atoms with Crippen LogP contribution in [0.1, 0.15) is 17.4 Å². The lowest BCUT2D eigenvalue weighted by Gasteiger charge is -2.05. The normalized spacial score (nSPS) is 10.8. The van der Waals surface area contributed by atoms with Crippen molar-refractivity contribution in [2.75, 3.05) is 11.3 Å². The Morgan fingerprint density at radius 2 is 2.19 bits per heavy atom. The highest BCUT2D eigenvalue weighted by molar-refractivity contribution is 7.94. The van der Waals surface area contributed by atoms with E-state index in [1.807, 2.05) is 13.0 Å². The van der Waals surface area contributed by atoms with Gasteiger partial charge < -0.3 is 5.73 Å². The second-order valence-corrected chi connectivity index (χ2v) is 7.19. The third-order valence-corrected chi connectivity index (χ3v) is 5.66. The van der Waals surface area contributed by atoms with Crippen LogP contribution in [0.15, 0.2) is 34.7 Å². The zero-order chi connectivity index (χ0) is 15.3. The molecule has 0 bridgehead atoms. The number of nitrogens with zero attached hydrogens (tertiary/aromatic N) is 1. The van der Waals surface area contributed by atoms with Crippen LogP contribution in [0.25, 0.3) is 0 Å². The summed E-state index contributed by atoms with van der Waals surface area (Å²) in [6.45, 7) is 2.23. The monoisotopic (exact) mass is 321 g/mol. The maximum Gasteiger partial charge on any atom is 0.272 e. The van der Waals surface area contributed by atoms with Gasteiger partial charge >= 0.3 is 0 Å². The average molecular weight is 321 g/mol. The van der Waals surface area contributed by atoms with Gasteiger partial charge in [0.05, 0.1) is 6.54 Å². The molecule has 2 heterocycles. The summed E-state index contributed by atoms with van der Waals surface area (Å²) in [5.74, 6) is 5.79. The standard InChI is InChI=1S/C14H15N3O2S2/c1-2-12-5-6-14(20-12)21(18,19)17-13-10-11(4-3-8-15)7-9-16-13/h5-7,9-10H,2,8,15H2,1H3,(H,16,17). The van der Waals surface area contributed by atoms with Crippen molar-refractivity contribution in [1.29, 1.82) is 0 Å². The van der Waals surface area contributed by atoms with Crippen molar-refractivity contribution < 1.29 is 8.42 Å². The molecule has 0 atom stereocenters. The minimum Gasteiger partial charge on any atom is -0.320 e. The molecule has 0 saturated heterocycles. The fraction of sp³-hybridized carbons (Fsp3) is 0.214. The minimum atomic E-state index is -3.61. The Morgan fingerprint density at radius 1 is 1.38 bits per heavy atom. The molecule has 2 aromatic rings. The molecule has 0 fully saturated rings. The second-order valence-electron chi connectivity index (χ2n) is 4.12. The predicted octanol–water partition coefficient (Wildman–Crippen LogP) is 1.82. The lowest BCUT2D eigenvalue weighted by Crippen LogP contribution is -2.12. The Hall–Kier alpha value is -1.88. The number of nitrogens with one attached hydrogen (secondary N) is 1. The van der Waals surface area contributed by atoms with Gasteiger partial charge in [0, 0.05) is 16.6 Å². The molecular weight excluding hydrogens is 306 g/mol. The maximum atomic E-state index is 12.3. The van der Waals surface area contributed by atoms with E-state index in [-0.39, 0.29) is 16.6 Å². The van der Waals surface area contributed by atoms with E-state index in [1.54, 1.807) is 18.2 Å². The maximum absolute atomic E-state index is 12.3. The fourth-order valence-corrected chi connectivity index (χ4v) is 3.89. The van der Waals surface area contributed by atoms with E-state index >= 15 is 0 Å². The molecule has 0 radical (unpaired) electrons. The Kier molecular flexibility index (Phi) is 4.96. The number of hydrogen-bond donors (Lipinski definition) is 2. The van der Waals surface area contributed by atoms with Gasteiger partial charge in [-0.1, -0.05) is 18.8 Å². The second kappa shape index (κ2) is 6.72.